The van der Waals surface area contributed by atoms with Crippen molar-refractivity contribution < 1.29 is 4.92 Å². The average molecular weight is 252 g/mol. The minimum Gasteiger partial charge on any atom is -0.378 e. The minimum atomic E-state index is -0.575. The Morgan fingerprint density at radius 2 is 2.50 bits per heavy atom. The fourth-order valence-electron chi connectivity index (χ4n) is 2.20. The van der Waals surface area contributed by atoms with E-state index in [0.29, 0.717) is 12.0 Å². The van der Waals surface area contributed by atoms with E-state index in [-0.39, 0.29) is 11.5 Å². The molecule has 8 heteroatoms. The number of nitrogens with two attached hydrogens (primary N) is 1. The van der Waals surface area contributed by atoms with Crippen molar-refractivity contribution in [2.45, 2.75) is 18.9 Å². The van der Waals surface area contributed by atoms with Gasteiger partial charge in [-0.2, -0.15) is 4.98 Å². The van der Waals surface area contributed by atoms with Gasteiger partial charge in [-0.05, 0) is 19.9 Å². The van der Waals surface area contributed by atoms with E-state index >= 15 is 0 Å². The van der Waals surface area contributed by atoms with Crippen LogP contribution in [0.3, 0.4) is 0 Å². The van der Waals surface area contributed by atoms with E-state index < -0.39 is 4.92 Å². The van der Waals surface area contributed by atoms with E-state index in [1.165, 1.54) is 6.20 Å². The van der Waals surface area contributed by atoms with Crippen LogP contribution in [0.25, 0.3) is 0 Å². The molecule has 0 aliphatic carbocycles. The first-order valence-corrected chi connectivity index (χ1v) is 5.81. The number of hydrogen-bond donors (Lipinski definition) is 2. The Labute approximate surface area is 104 Å². The van der Waals surface area contributed by atoms with Crippen LogP contribution in [0, 0.1) is 10.1 Å². The molecule has 0 spiro atoms. The van der Waals surface area contributed by atoms with Crippen molar-refractivity contribution in [3.8, 4) is 0 Å². The highest BCUT2D eigenvalue weighted by molar-refractivity contribution is 5.54. The van der Waals surface area contributed by atoms with Gasteiger partial charge in [0.25, 0.3) is 0 Å². The molecule has 2 heterocycles. The molecule has 1 fully saturated rings. The quantitative estimate of drug-likeness (QED) is 0.579. The lowest BCUT2D eigenvalue weighted by molar-refractivity contribution is -0.384. The third-order valence-corrected chi connectivity index (χ3v) is 3.06. The Balaban J connectivity index is 2.23. The molecule has 1 saturated heterocycles. The lowest BCUT2D eigenvalue weighted by Gasteiger charge is -2.24. The van der Waals surface area contributed by atoms with Crippen molar-refractivity contribution in [2.75, 3.05) is 30.8 Å². The first-order valence-electron chi connectivity index (χ1n) is 5.81. The third-order valence-electron chi connectivity index (χ3n) is 3.06. The summed E-state index contributed by atoms with van der Waals surface area (Å²) in [7, 11) is 1.89. The van der Waals surface area contributed by atoms with Gasteiger partial charge in [0.2, 0.25) is 11.8 Å². The molecule has 98 valence electrons. The topological polar surface area (TPSA) is 110 Å². The van der Waals surface area contributed by atoms with Gasteiger partial charge in [-0.3, -0.25) is 10.1 Å². The molecule has 0 radical (unpaired) electrons. The molecule has 0 bridgehead atoms. The Morgan fingerprint density at radius 3 is 3.11 bits per heavy atom. The van der Waals surface area contributed by atoms with Crippen LogP contribution in [0.5, 0.6) is 0 Å². The van der Waals surface area contributed by atoms with E-state index in [9.17, 15) is 10.1 Å². The Bertz CT molecular complexity index is 452. The molecule has 0 aromatic carbocycles. The van der Waals surface area contributed by atoms with Gasteiger partial charge in [0.1, 0.15) is 6.20 Å². The Morgan fingerprint density at radius 1 is 1.72 bits per heavy atom. The predicted octanol–water partition coefficient (Wildman–Crippen LogP) is 0.155. The normalized spacial score (nSPS) is 19.2. The smallest absolute Gasteiger partial charge is 0.329 e. The van der Waals surface area contributed by atoms with Gasteiger partial charge in [-0.15, -0.1) is 0 Å². The number of anilines is 2. The Kier molecular flexibility index (Phi) is 3.56. The fourth-order valence-corrected chi connectivity index (χ4v) is 2.20. The number of likely N-dealkylation sites (N-methyl/N-ethyl adjacent to an activating group) is 1. The lowest BCUT2D eigenvalue weighted by Crippen LogP contribution is -2.37. The number of rotatable bonds is 4. The maximum atomic E-state index is 10.6. The molecule has 18 heavy (non-hydrogen) atoms. The van der Waals surface area contributed by atoms with Gasteiger partial charge in [0.15, 0.2) is 0 Å². The molecule has 0 saturated carbocycles. The Hall–Kier alpha value is -1.96. The molecular weight excluding hydrogens is 236 g/mol. The summed E-state index contributed by atoms with van der Waals surface area (Å²) in [5, 5.41) is 13.8. The SMILES string of the molecule is CNCC1CCCN1c1ncc([N+](=O)[O-])c(N)n1. The van der Waals surface area contributed by atoms with E-state index in [4.69, 9.17) is 5.73 Å². The summed E-state index contributed by atoms with van der Waals surface area (Å²) in [6, 6.07) is 0.316. The van der Waals surface area contributed by atoms with Gasteiger partial charge >= 0.3 is 5.69 Å². The van der Waals surface area contributed by atoms with Crippen molar-refractivity contribution in [3.63, 3.8) is 0 Å². The van der Waals surface area contributed by atoms with Gasteiger partial charge in [0.05, 0.1) is 4.92 Å². The number of nitrogen functional groups attached to an aromatic ring is 1. The molecule has 1 aromatic rings. The van der Waals surface area contributed by atoms with Crippen LogP contribution in [-0.2, 0) is 0 Å². The van der Waals surface area contributed by atoms with E-state index in [1.807, 2.05) is 11.9 Å². The van der Waals surface area contributed by atoms with Crippen LogP contribution in [0.4, 0.5) is 17.5 Å². The van der Waals surface area contributed by atoms with E-state index in [2.05, 4.69) is 15.3 Å². The minimum absolute atomic E-state index is 0.0832. The van der Waals surface area contributed by atoms with Crippen molar-refractivity contribution in [1.82, 2.24) is 15.3 Å². The van der Waals surface area contributed by atoms with E-state index in [0.717, 1.165) is 25.9 Å². The summed E-state index contributed by atoms with van der Waals surface area (Å²) in [6.07, 6.45) is 3.29. The highest BCUT2D eigenvalue weighted by Crippen LogP contribution is 2.25. The van der Waals surface area contributed by atoms with Crippen LogP contribution >= 0.6 is 0 Å². The molecule has 1 atom stereocenters. The number of nitro groups is 1. The summed E-state index contributed by atoms with van der Waals surface area (Å²) in [5.41, 5.74) is 5.33. The van der Waals surface area contributed by atoms with Crippen LogP contribution < -0.4 is 16.0 Å². The summed E-state index contributed by atoms with van der Waals surface area (Å²) < 4.78 is 0. The highest BCUT2D eigenvalue weighted by atomic mass is 16.6. The zero-order valence-corrected chi connectivity index (χ0v) is 10.2. The van der Waals surface area contributed by atoms with Crippen molar-refractivity contribution in [3.05, 3.63) is 16.3 Å². The first kappa shape index (κ1) is 12.5. The molecule has 1 aliphatic rings. The molecular formula is C10H16N6O2. The summed E-state index contributed by atoms with van der Waals surface area (Å²) in [5.74, 6) is 0.385. The second-order valence-corrected chi connectivity index (χ2v) is 4.24. The first-order chi connectivity index (χ1) is 8.63. The zero-order chi connectivity index (χ0) is 13.1. The number of aromatic nitrogens is 2. The third kappa shape index (κ3) is 2.33. The van der Waals surface area contributed by atoms with Gasteiger partial charge in [-0.1, -0.05) is 0 Å². The monoisotopic (exact) mass is 252 g/mol. The standard InChI is InChI=1S/C10H16N6O2/c1-12-5-7-3-2-4-15(7)10-13-6-8(16(17)18)9(11)14-10/h6-7,12H,2-5H2,1H3,(H2,11,13,14). The molecule has 8 nitrogen and oxygen atoms in total. The van der Waals surface area contributed by atoms with Gasteiger partial charge < -0.3 is 16.0 Å². The molecule has 1 aliphatic heterocycles. The summed E-state index contributed by atoms with van der Waals surface area (Å²) >= 11 is 0. The van der Waals surface area contributed by atoms with Crippen LogP contribution in [0.2, 0.25) is 0 Å². The number of nitrogens with one attached hydrogen (secondary N) is 1. The highest BCUT2D eigenvalue weighted by Gasteiger charge is 2.27. The summed E-state index contributed by atoms with van der Waals surface area (Å²) in [4.78, 5) is 20.2. The maximum absolute atomic E-state index is 10.6. The van der Waals surface area contributed by atoms with Crippen LogP contribution in [0.15, 0.2) is 6.20 Å². The number of hydrogen-bond acceptors (Lipinski definition) is 7. The summed E-state index contributed by atoms with van der Waals surface area (Å²) in [6.45, 7) is 1.68. The van der Waals surface area contributed by atoms with Crippen LogP contribution in [-0.4, -0.2) is 41.1 Å². The van der Waals surface area contributed by atoms with Crippen molar-refractivity contribution in [2.24, 2.45) is 0 Å². The second kappa shape index (κ2) is 5.13. The van der Waals surface area contributed by atoms with E-state index in [1.54, 1.807) is 0 Å². The predicted molar refractivity (Wildman–Crippen MR) is 67.4 cm³/mol. The zero-order valence-electron chi connectivity index (χ0n) is 10.2. The second-order valence-electron chi connectivity index (χ2n) is 4.24. The largest absolute Gasteiger partial charge is 0.378 e. The maximum Gasteiger partial charge on any atom is 0.329 e. The van der Waals surface area contributed by atoms with Crippen molar-refractivity contribution >= 4 is 17.5 Å². The van der Waals surface area contributed by atoms with Gasteiger partial charge in [0, 0.05) is 19.1 Å². The molecule has 0 amide bonds. The van der Waals surface area contributed by atoms with Crippen molar-refractivity contribution in [1.29, 1.82) is 0 Å². The lowest BCUT2D eigenvalue weighted by atomic mass is 10.2. The molecule has 3 N–H and O–H groups in total. The molecule has 1 unspecified atom stereocenters. The average Bonchev–Trinajstić information content (AvgIpc) is 2.77. The van der Waals surface area contributed by atoms with Gasteiger partial charge in [-0.25, -0.2) is 4.98 Å². The number of nitrogens with zero attached hydrogens (tertiary/aromatic N) is 4. The molecule has 1 aromatic heterocycles. The van der Waals surface area contributed by atoms with Crippen LogP contribution in [0.1, 0.15) is 12.8 Å². The molecule has 2 rings (SSSR count). The fraction of sp³-hybridized carbons (Fsp3) is 0.600.